The van der Waals surface area contributed by atoms with E-state index >= 15 is 0 Å². The predicted octanol–water partition coefficient (Wildman–Crippen LogP) is 5.32. The fourth-order valence-electron chi connectivity index (χ4n) is 3.41. The van der Waals surface area contributed by atoms with E-state index in [2.05, 4.69) is 10.3 Å². The summed E-state index contributed by atoms with van der Waals surface area (Å²) in [5.74, 6) is 0.245. The van der Waals surface area contributed by atoms with Crippen molar-refractivity contribution >= 4 is 45.7 Å². The molecule has 0 unspecified atom stereocenters. The van der Waals surface area contributed by atoms with E-state index in [1.807, 2.05) is 24.3 Å². The number of ether oxygens (including phenoxy) is 1. The number of carbonyl (C=O) groups excluding carboxylic acids is 1. The number of hydrogen-bond acceptors (Lipinski definition) is 4. The van der Waals surface area contributed by atoms with Gasteiger partial charge in [0.1, 0.15) is 5.75 Å². The minimum atomic E-state index is -0.430. The van der Waals surface area contributed by atoms with Crippen LogP contribution in [0.15, 0.2) is 65.7 Å². The highest BCUT2D eigenvalue weighted by atomic mass is 35.5. The number of para-hydroxylation sites is 1. The number of methoxy groups -OCH3 is 1. The van der Waals surface area contributed by atoms with Crippen LogP contribution in [-0.4, -0.2) is 22.6 Å². The SMILES string of the molecule is COc1ccccc1Cn1cnc2cccc(NC(=O)c3cc(Cl)c(C)c(Cl)c3)c2c1=O. The summed E-state index contributed by atoms with van der Waals surface area (Å²) in [6, 6.07) is 15.6. The molecule has 0 aliphatic carbocycles. The lowest BCUT2D eigenvalue weighted by Gasteiger charge is -2.13. The Morgan fingerprint density at radius 2 is 1.81 bits per heavy atom. The van der Waals surface area contributed by atoms with Gasteiger partial charge in [0, 0.05) is 21.2 Å². The van der Waals surface area contributed by atoms with Crippen molar-refractivity contribution in [3.05, 3.63) is 98.0 Å². The summed E-state index contributed by atoms with van der Waals surface area (Å²) >= 11 is 12.3. The zero-order chi connectivity index (χ0) is 22.8. The van der Waals surface area contributed by atoms with Crippen LogP contribution < -0.4 is 15.6 Å². The molecule has 4 aromatic rings. The van der Waals surface area contributed by atoms with E-state index < -0.39 is 5.91 Å². The quantitative estimate of drug-likeness (QED) is 0.430. The lowest BCUT2D eigenvalue weighted by molar-refractivity contribution is 0.102. The molecule has 4 rings (SSSR count). The van der Waals surface area contributed by atoms with Gasteiger partial charge in [-0.25, -0.2) is 4.98 Å². The van der Waals surface area contributed by atoms with Crippen LogP contribution >= 0.6 is 23.2 Å². The van der Waals surface area contributed by atoms with Gasteiger partial charge in [-0.1, -0.05) is 47.5 Å². The van der Waals surface area contributed by atoms with Gasteiger partial charge in [-0.15, -0.1) is 0 Å². The Balaban J connectivity index is 1.74. The van der Waals surface area contributed by atoms with Gasteiger partial charge in [0.15, 0.2) is 0 Å². The molecule has 1 amide bonds. The Labute approximate surface area is 194 Å². The van der Waals surface area contributed by atoms with Gasteiger partial charge >= 0.3 is 0 Å². The molecule has 0 radical (unpaired) electrons. The number of halogens is 2. The second-order valence-electron chi connectivity index (χ2n) is 7.21. The molecule has 0 aliphatic rings. The smallest absolute Gasteiger partial charge is 0.263 e. The Bertz CT molecular complexity index is 1380. The third-order valence-electron chi connectivity index (χ3n) is 5.18. The van der Waals surface area contributed by atoms with Crippen molar-refractivity contribution in [3.8, 4) is 5.75 Å². The zero-order valence-corrected chi connectivity index (χ0v) is 18.9. The van der Waals surface area contributed by atoms with Crippen LogP contribution in [0.4, 0.5) is 5.69 Å². The first-order chi connectivity index (χ1) is 15.4. The first-order valence-corrected chi connectivity index (χ1v) is 10.5. The average molecular weight is 468 g/mol. The topological polar surface area (TPSA) is 73.2 Å². The summed E-state index contributed by atoms with van der Waals surface area (Å²) in [6.07, 6.45) is 1.49. The van der Waals surface area contributed by atoms with Crippen LogP contribution in [0, 0.1) is 6.92 Å². The van der Waals surface area contributed by atoms with E-state index in [-0.39, 0.29) is 12.1 Å². The molecule has 1 heterocycles. The first kappa shape index (κ1) is 21.9. The maximum absolute atomic E-state index is 13.3. The number of aromatic nitrogens is 2. The summed E-state index contributed by atoms with van der Waals surface area (Å²) in [5.41, 5.74) is 2.37. The minimum absolute atomic E-state index is 0.275. The minimum Gasteiger partial charge on any atom is -0.496 e. The molecule has 0 saturated heterocycles. The Morgan fingerprint density at radius 1 is 1.09 bits per heavy atom. The Hall–Kier alpha value is -3.35. The molecule has 3 aromatic carbocycles. The monoisotopic (exact) mass is 467 g/mol. The van der Waals surface area contributed by atoms with E-state index in [1.165, 1.54) is 10.9 Å². The van der Waals surface area contributed by atoms with Crippen molar-refractivity contribution in [3.63, 3.8) is 0 Å². The maximum Gasteiger partial charge on any atom is 0.263 e. The van der Waals surface area contributed by atoms with Crippen molar-refractivity contribution in [2.45, 2.75) is 13.5 Å². The number of rotatable bonds is 5. The zero-order valence-electron chi connectivity index (χ0n) is 17.4. The summed E-state index contributed by atoms with van der Waals surface area (Å²) in [4.78, 5) is 30.6. The molecule has 32 heavy (non-hydrogen) atoms. The number of anilines is 1. The summed E-state index contributed by atoms with van der Waals surface area (Å²) in [7, 11) is 1.58. The molecule has 1 aromatic heterocycles. The number of nitrogens with zero attached hydrogens (tertiary/aromatic N) is 2. The highest BCUT2D eigenvalue weighted by Crippen LogP contribution is 2.27. The van der Waals surface area contributed by atoms with E-state index in [1.54, 1.807) is 44.4 Å². The molecule has 0 aliphatic heterocycles. The summed E-state index contributed by atoms with van der Waals surface area (Å²) in [6.45, 7) is 2.05. The van der Waals surface area contributed by atoms with E-state index in [4.69, 9.17) is 27.9 Å². The third-order valence-corrected chi connectivity index (χ3v) is 5.96. The maximum atomic E-state index is 13.3. The summed E-state index contributed by atoms with van der Waals surface area (Å²) in [5, 5.41) is 3.88. The largest absolute Gasteiger partial charge is 0.496 e. The van der Waals surface area contributed by atoms with E-state index in [9.17, 15) is 9.59 Å². The van der Waals surface area contributed by atoms with Crippen molar-refractivity contribution in [1.29, 1.82) is 0 Å². The first-order valence-electron chi connectivity index (χ1n) is 9.76. The normalized spacial score (nSPS) is 10.9. The standard InChI is InChI=1S/C24H19Cl2N3O3/c1-14-17(25)10-16(11-18(14)26)23(30)28-20-8-5-7-19-22(20)24(31)29(13-27-19)12-15-6-3-4-9-21(15)32-2/h3-11,13H,12H2,1-2H3,(H,28,30). The van der Waals surface area contributed by atoms with Gasteiger partial charge in [0.2, 0.25) is 0 Å². The van der Waals surface area contributed by atoms with Crippen molar-refractivity contribution < 1.29 is 9.53 Å². The Kier molecular flexibility index (Phi) is 6.17. The number of amides is 1. The third kappa shape index (κ3) is 4.20. The van der Waals surface area contributed by atoms with E-state index in [0.29, 0.717) is 43.5 Å². The van der Waals surface area contributed by atoms with Crippen LogP contribution in [0.25, 0.3) is 10.9 Å². The molecule has 162 valence electrons. The lowest BCUT2D eigenvalue weighted by atomic mass is 10.1. The van der Waals surface area contributed by atoms with Crippen LogP contribution in [0.5, 0.6) is 5.75 Å². The van der Waals surface area contributed by atoms with Crippen molar-refractivity contribution in [1.82, 2.24) is 9.55 Å². The van der Waals surface area contributed by atoms with Crippen molar-refractivity contribution in [2.24, 2.45) is 0 Å². The molecule has 6 nitrogen and oxygen atoms in total. The second-order valence-corrected chi connectivity index (χ2v) is 8.02. The van der Waals surface area contributed by atoms with Gasteiger partial charge in [-0.3, -0.25) is 14.2 Å². The number of fused-ring (bicyclic) bond motifs is 1. The van der Waals surface area contributed by atoms with Gasteiger partial charge < -0.3 is 10.1 Å². The molecule has 0 saturated carbocycles. The van der Waals surface area contributed by atoms with Gasteiger partial charge in [-0.2, -0.15) is 0 Å². The molecule has 0 spiro atoms. The fourth-order valence-corrected chi connectivity index (χ4v) is 3.89. The molecule has 1 N–H and O–H groups in total. The fraction of sp³-hybridized carbons (Fsp3) is 0.125. The van der Waals surface area contributed by atoms with Crippen LogP contribution in [0.3, 0.4) is 0 Å². The van der Waals surface area contributed by atoms with Crippen molar-refractivity contribution in [2.75, 3.05) is 12.4 Å². The Morgan fingerprint density at radius 3 is 2.53 bits per heavy atom. The number of nitrogens with one attached hydrogen (secondary N) is 1. The van der Waals surface area contributed by atoms with Crippen LogP contribution in [-0.2, 0) is 6.54 Å². The van der Waals surface area contributed by atoms with Crippen LogP contribution in [0.2, 0.25) is 10.0 Å². The van der Waals surface area contributed by atoms with E-state index in [0.717, 1.165) is 5.56 Å². The highest BCUT2D eigenvalue weighted by Gasteiger charge is 2.15. The second kappa shape index (κ2) is 9.02. The van der Waals surface area contributed by atoms with Gasteiger partial charge in [-0.05, 0) is 42.8 Å². The predicted molar refractivity (Wildman–Crippen MR) is 127 cm³/mol. The molecule has 8 heteroatoms. The average Bonchev–Trinajstić information content (AvgIpc) is 2.79. The molecule has 0 atom stereocenters. The molecular formula is C24H19Cl2N3O3. The van der Waals surface area contributed by atoms with Gasteiger partial charge in [0.25, 0.3) is 11.5 Å². The molecule has 0 bridgehead atoms. The lowest BCUT2D eigenvalue weighted by Crippen LogP contribution is -2.23. The molecule has 0 fully saturated rings. The number of benzene rings is 3. The molecular weight excluding hydrogens is 449 g/mol. The highest BCUT2D eigenvalue weighted by molar-refractivity contribution is 6.36. The summed E-state index contributed by atoms with van der Waals surface area (Å²) < 4.78 is 6.87. The van der Waals surface area contributed by atoms with Crippen LogP contribution in [0.1, 0.15) is 21.5 Å². The van der Waals surface area contributed by atoms with Gasteiger partial charge in [0.05, 0.1) is 36.6 Å². The number of hydrogen-bond donors (Lipinski definition) is 1. The number of carbonyl (C=O) groups is 1.